The number of carbonyl (C=O) groups excluding carboxylic acids is 1. The standard InChI is InChI=1S/C13H18N2O2/c1-10(2)15-8-12(14)9-17-13(16)11-6-4-3-5-7-11/h3-8,10,15H,9,14H2,1-2H3/b12-8-. The van der Waals surface area contributed by atoms with Crippen molar-refractivity contribution < 1.29 is 9.53 Å². The van der Waals surface area contributed by atoms with E-state index >= 15 is 0 Å². The van der Waals surface area contributed by atoms with Gasteiger partial charge in [0, 0.05) is 12.2 Å². The molecule has 0 bridgehead atoms. The van der Waals surface area contributed by atoms with Gasteiger partial charge >= 0.3 is 5.97 Å². The molecule has 0 saturated heterocycles. The van der Waals surface area contributed by atoms with Crippen LogP contribution in [0, 0.1) is 0 Å². The van der Waals surface area contributed by atoms with E-state index in [2.05, 4.69) is 5.32 Å². The number of hydrogen-bond donors (Lipinski definition) is 2. The SMILES string of the molecule is CC(C)N/C=C(\N)COC(=O)c1ccccc1. The van der Waals surface area contributed by atoms with E-state index in [0.717, 1.165) is 0 Å². The van der Waals surface area contributed by atoms with Crippen molar-refractivity contribution in [2.24, 2.45) is 5.73 Å². The summed E-state index contributed by atoms with van der Waals surface area (Å²) in [5.41, 5.74) is 6.68. The largest absolute Gasteiger partial charge is 0.456 e. The first-order valence-electron chi connectivity index (χ1n) is 5.52. The Kier molecular flexibility index (Phi) is 5.07. The molecule has 0 fully saturated rings. The summed E-state index contributed by atoms with van der Waals surface area (Å²) >= 11 is 0. The van der Waals surface area contributed by atoms with Gasteiger partial charge in [-0.3, -0.25) is 0 Å². The number of rotatable bonds is 5. The Morgan fingerprint density at radius 3 is 2.65 bits per heavy atom. The van der Waals surface area contributed by atoms with E-state index in [1.807, 2.05) is 19.9 Å². The zero-order valence-electron chi connectivity index (χ0n) is 10.1. The zero-order valence-corrected chi connectivity index (χ0v) is 10.1. The van der Waals surface area contributed by atoms with E-state index in [0.29, 0.717) is 17.3 Å². The van der Waals surface area contributed by atoms with Gasteiger partial charge in [-0.25, -0.2) is 4.79 Å². The fourth-order valence-corrected chi connectivity index (χ4v) is 1.12. The predicted molar refractivity (Wildman–Crippen MR) is 67.3 cm³/mol. The predicted octanol–water partition coefficient (Wildman–Crippen LogP) is 1.64. The summed E-state index contributed by atoms with van der Waals surface area (Å²) in [6, 6.07) is 9.13. The van der Waals surface area contributed by atoms with Crippen LogP contribution in [0.1, 0.15) is 24.2 Å². The molecule has 0 atom stereocenters. The van der Waals surface area contributed by atoms with Crippen LogP contribution >= 0.6 is 0 Å². The normalized spacial score (nSPS) is 11.4. The molecule has 0 unspecified atom stereocenters. The molecule has 0 radical (unpaired) electrons. The molecule has 0 spiro atoms. The second-order valence-corrected chi connectivity index (χ2v) is 3.98. The molecule has 0 amide bonds. The molecule has 92 valence electrons. The van der Waals surface area contributed by atoms with Crippen molar-refractivity contribution >= 4 is 5.97 Å². The summed E-state index contributed by atoms with van der Waals surface area (Å²) in [4.78, 5) is 11.6. The maximum absolute atomic E-state index is 11.6. The maximum atomic E-state index is 11.6. The number of carbonyl (C=O) groups is 1. The van der Waals surface area contributed by atoms with Gasteiger partial charge in [-0.05, 0) is 26.0 Å². The molecule has 1 aromatic carbocycles. The Labute approximate surface area is 101 Å². The molecular weight excluding hydrogens is 216 g/mol. The van der Waals surface area contributed by atoms with Gasteiger partial charge in [0.1, 0.15) is 6.61 Å². The molecule has 0 aromatic heterocycles. The van der Waals surface area contributed by atoms with Crippen molar-refractivity contribution in [1.82, 2.24) is 5.32 Å². The highest BCUT2D eigenvalue weighted by Crippen LogP contribution is 2.01. The number of nitrogens with one attached hydrogen (secondary N) is 1. The highest BCUT2D eigenvalue weighted by molar-refractivity contribution is 5.89. The summed E-state index contributed by atoms with van der Waals surface area (Å²) < 4.78 is 5.05. The quantitative estimate of drug-likeness (QED) is 0.760. The zero-order chi connectivity index (χ0) is 12.7. The lowest BCUT2D eigenvalue weighted by Crippen LogP contribution is -2.20. The smallest absolute Gasteiger partial charge is 0.338 e. The van der Waals surface area contributed by atoms with E-state index in [9.17, 15) is 4.79 Å². The molecule has 17 heavy (non-hydrogen) atoms. The third-order valence-corrected chi connectivity index (χ3v) is 1.98. The van der Waals surface area contributed by atoms with E-state index < -0.39 is 0 Å². The second kappa shape index (κ2) is 6.58. The third-order valence-electron chi connectivity index (χ3n) is 1.98. The van der Waals surface area contributed by atoms with E-state index in [1.54, 1.807) is 30.5 Å². The van der Waals surface area contributed by atoms with Crippen LogP contribution in [0.25, 0.3) is 0 Å². The van der Waals surface area contributed by atoms with Crippen LogP contribution in [0.3, 0.4) is 0 Å². The van der Waals surface area contributed by atoms with Crippen LogP contribution < -0.4 is 11.1 Å². The third kappa shape index (κ3) is 5.06. The van der Waals surface area contributed by atoms with E-state index in [4.69, 9.17) is 10.5 Å². The van der Waals surface area contributed by atoms with Gasteiger partial charge < -0.3 is 15.8 Å². The highest BCUT2D eigenvalue weighted by atomic mass is 16.5. The van der Waals surface area contributed by atoms with Gasteiger partial charge in [0.05, 0.1) is 11.3 Å². The van der Waals surface area contributed by atoms with Gasteiger partial charge in [-0.2, -0.15) is 0 Å². The highest BCUT2D eigenvalue weighted by Gasteiger charge is 2.05. The molecule has 3 N–H and O–H groups in total. The lowest BCUT2D eigenvalue weighted by atomic mass is 10.2. The lowest BCUT2D eigenvalue weighted by molar-refractivity contribution is 0.0538. The number of hydrogen-bond acceptors (Lipinski definition) is 4. The molecule has 0 aliphatic rings. The van der Waals surface area contributed by atoms with Gasteiger partial charge in [-0.1, -0.05) is 18.2 Å². The molecule has 4 heteroatoms. The van der Waals surface area contributed by atoms with Crippen LogP contribution in [-0.2, 0) is 4.74 Å². The Balaban J connectivity index is 2.41. The summed E-state index contributed by atoms with van der Waals surface area (Å²) in [6.45, 7) is 4.09. The molecule has 4 nitrogen and oxygen atoms in total. The van der Waals surface area contributed by atoms with Crippen molar-refractivity contribution in [3.63, 3.8) is 0 Å². The number of nitrogens with two attached hydrogens (primary N) is 1. The minimum absolute atomic E-state index is 0.0907. The van der Waals surface area contributed by atoms with Gasteiger partial charge in [0.15, 0.2) is 0 Å². The van der Waals surface area contributed by atoms with Gasteiger partial charge in [-0.15, -0.1) is 0 Å². The van der Waals surface area contributed by atoms with Crippen molar-refractivity contribution in [2.45, 2.75) is 19.9 Å². The molecular formula is C13H18N2O2. The van der Waals surface area contributed by atoms with Gasteiger partial charge in [0.2, 0.25) is 0 Å². The average Bonchev–Trinajstić information content (AvgIpc) is 2.34. The maximum Gasteiger partial charge on any atom is 0.338 e. The molecule has 0 heterocycles. The summed E-state index contributed by atoms with van der Waals surface area (Å²) in [5.74, 6) is -0.369. The van der Waals surface area contributed by atoms with Crippen LogP contribution in [0.5, 0.6) is 0 Å². The Morgan fingerprint density at radius 1 is 1.41 bits per heavy atom. The Bertz CT molecular complexity index is 386. The fraction of sp³-hybridized carbons (Fsp3) is 0.308. The summed E-state index contributed by atoms with van der Waals surface area (Å²) in [7, 11) is 0. The Hall–Kier alpha value is -1.97. The monoisotopic (exact) mass is 234 g/mol. The van der Waals surface area contributed by atoms with Crippen molar-refractivity contribution in [3.8, 4) is 0 Å². The number of benzene rings is 1. The number of esters is 1. The lowest BCUT2D eigenvalue weighted by Gasteiger charge is -2.07. The van der Waals surface area contributed by atoms with Crippen molar-refractivity contribution in [3.05, 3.63) is 47.8 Å². The second-order valence-electron chi connectivity index (χ2n) is 3.98. The van der Waals surface area contributed by atoms with E-state index in [-0.39, 0.29) is 12.6 Å². The van der Waals surface area contributed by atoms with Gasteiger partial charge in [0.25, 0.3) is 0 Å². The van der Waals surface area contributed by atoms with Crippen LogP contribution in [-0.4, -0.2) is 18.6 Å². The van der Waals surface area contributed by atoms with Crippen molar-refractivity contribution in [2.75, 3.05) is 6.61 Å². The topological polar surface area (TPSA) is 64.3 Å². The fourth-order valence-electron chi connectivity index (χ4n) is 1.12. The molecule has 1 aromatic rings. The molecule has 0 saturated carbocycles. The first-order valence-corrected chi connectivity index (χ1v) is 5.52. The van der Waals surface area contributed by atoms with Crippen LogP contribution in [0.2, 0.25) is 0 Å². The summed E-state index contributed by atoms with van der Waals surface area (Å²) in [6.07, 6.45) is 1.66. The Morgan fingerprint density at radius 2 is 2.06 bits per heavy atom. The minimum Gasteiger partial charge on any atom is -0.456 e. The van der Waals surface area contributed by atoms with E-state index in [1.165, 1.54) is 0 Å². The average molecular weight is 234 g/mol. The molecule has 0 aliphatic heterocycles. The van der Waals surface area contributed by atoms with Crippen LogP contribution in [0.15, 0.2) is 42.2 Å². The number of ether oxygens (including phenoxy) is 1. The van der Waals surface area contributed by atoms with Crippen LogP contribution in [0.4, 0.5) is 0 Å². The first-order chi connectivity index (χ1) is 8.09. The molecule has 1 rings (SSSR count). The minimum atomic E-state index is -0.369. The summed E-state index contributed by atoms with van der Waals surface area (Å²) in [5, 5.41) is 3.03. The first kappa shape index (κ1) is 13.1. The van der Waals surface area contributed by atoms with Crippen molar-refractivity contribution in [1.29, 1.82) is 0 Å². The molecule has 0 aliphatic carbocycles.